The van der Waals surface area contributed by atoms with Gasteiger partial charge in [0.25, 0.3) is 5.91 Å². The van der Waals surface area contributed by atoms with E-state index in [0.717, 1.165) is 12.8 Å². The summed E-state index contributed by atoms with van der Waals surface area (Å²) in [5.41, 5.74) is 6.05. The van der Waals surface area contributed by atoms with Gasteiger partial charge in [-0.05, 0) is 24.8 Å². The number of hydrogen-bond acceptors (Lipinski definition) is 6. The highest BCUT2D eigenvalue weighted by Crippen LogP contribution is 2.38. The predicted molar refractivity (Wildman–Crippen MR) is 135 cm³/mol. The lowest BCUT2D eigenvalue weighted by Gasteiger charge is -2.16. The molecule has 10 nitrogen and oxygen atoms in total. The van der Waals surface area contributed by atoms with Crippen LogP contribution in [0, 0.1) is 23.5 Å². The summed E-state index contributed by atoms with van der Waals surface area (Å²) >= 11 is 0. The van der Waals surface area contributed by atoms with Crippen molar-refractivity contribution >= 4 is 28.7 Å². The number of amides is 2. The molecule has 0 bridgehead atoms. The molecule has 1 saturated carbocycles. The molecule has 3 N–H and O–H groups in total. The van der Waals surface area contributed by atoms with Gasteiger partial charge in [-0.1, -0.05) is 12.5 Å². The predicted octanol–water partition coefficient (Wildman–Crippen LogP) is 2.83. The standard InChI is InChI=1S/C26H25F2N7O3/c1-4-21(36)33-11-15(9-16(33)12-38-3)35-26(30-2)22(25(29)37)19(32-35)8-7-17-18(27)10-20-24(23(17)28)31-13-34(20)14-5-6-14/h4,10,12-15,30H,1,5-6,9,11H2,2-3H3,(H2,29,37)/b16-12+/t15-/m0/s1. The first-order valence-electron chi connectivity index (χ1n) is 11.9. The van der Waals surface area contributed by atoms with Crippen molar-refractivity contribution in [1.29, 1.82) is 0 Å². The van der Waals surface area contributed by atoms with Crippen molar-refractivity contribution < 1.29 is 23.1 Å². The molecule has 0 radical (unpaired) electrons. The fourth-order valence-electron chi connectivity index (χ4n) is 4.73. The number of primary amides is 1. The van der Waals surface area contributed by atoms with Crippen LogP contribution < -0.4 is 11.1 Å². The van der Waals surface area contributed by atoms with E-state index < -0.39 is 29.1 Å². The van der Waals surface area contributed by atoms with Crippen LogP contribution in [0.15, 0.2) is 37.0 Å². The zero-order chi connectivity index (χ0) is 27.1. The first-order chi connectivity index (χ1) is 18.3. The summed E-state index contributed by atoms with van der Waals surface area (Å²) in [6.07, 6.45) is 6.36. The number of fused-ring (bicyclic) bond motifs is 1. The van der Waals surface area contributed by atoms with E-state index >= 15 is 4.39 Å². The van der Waals surface area contributed by atoms with Gasteiger partial charge in [0.2, 0.25) is 5.91 Å². The van der Waals surface area contributed by atoms with E-state index in [4.69, 9.17) is 10.5 Å². The Balaban J connectivity index is 1.57. The van der Waals surface area contributed by atoms with Crippen LogP contribution in [0.5, 0.6) is 0 Å². The lowest BCUT2D eigenvalue weighted by Crippen LogP contribution is -2.27. The number of ether oxygens (including phenoxy) is 1. The molecule has 38 heavy (non-hydrogen) atoms. The van der Waals surface area contributed by atoms with E-state index in [1.165, 1.54) is 41.4 Å². The highest BCUT2D eigenvalue weighted by atomic mass is 19.1. The van der Waals surface area contributed by atoms with Crippen LogP contribution in [0.3, 0.4) is 0 Å². The molecule has 12 heteroatoms. The van der Waals surface area contributed by atoms with Crippen LogP contribution in [-0.2, 0) is 9.53 Å². The Morgan fingerprint density at radius 3 is 2.68 bits per heavy atom. The Morgan fingerprint density at radius 1 is 1.29 bits per heavy atom. The SMILES string of the molecule is C=CC(=O)N1C[C@@H](n2nc(C#Cc3c(F)cc4c(ncn4C4CC4)c3F)c(C(N)=O)c2NC)C/C1=C\OC. The molecule has 1 aromatic carbocycles. The number of methoxy groups -OCH3 is 1. The third kappa shape index (κ3) is 4.15. The number of halogens is 2. The number of rotatable bonds is 6. The highest BCUT2D eigenvalue weighted by Gasteiger charge is 2.35. The Bertz CT molecular complexity index is 1570. The molecule has 1 aliphatic carbocycles. The van der Waals surface area contributed by atoms with Crippen LogP contribution in [0.2, 0.25) is 0 Å². The molecule has 1 atom stereocenters. The number of imidazole rings is 1. The number of nitrogens with zero attached hydrogens (tertiary/aromatic N) is 5. The maximum atomic E-state index is 15.2. The summed E-state index contributed by atoms with van der Waals surface area (Å²) in [4.78, 5) is 30.4. The molecule has 3 aromatic rings. The molecular weight excluding hydrogens is 496 g/mol. The van der Waals surface area contributed by atoms with Gasteiger partial charge in [-0.25, -0.2) is 18.4 Å². The summed E-state index contributed by atoms with van der Waals surface area (Å²) in [7, 11) is 3.04. The summed E-state index contributed by atoms with van der Waals surface area (Å²) < 4.78 is 38.6. The summed E-state index contributed by atoms with van der Waals surface area (Å²) in [5, 5.41) is 7.36. The van der Waals surface area contributed by atoms with Crippen molar-refractivity contribution in [2.45, 2.75) is 31.3 Å². The van der Waals surface area contributed by atoms with E-state index in [-0.39, 0.29) is 41.1 Å². The van der Waals surface area contributed by atoms with Gasteiger partial charge in [0.05, 0.1) is 36.3 Å². The lowest BCUT2D eigenvalue weighted by atomic mass is 10.1. The molecule has 2 amide bonds. The zero-order valence-electron chi connectivity index (χ0n) is 20.8. The average Bonchev–Trinajstić information content (AvgIpc) is 3.33. The van der Waals surface area contributed by atoms with Crippen molar-refractivity contribution in [3.8, 4) is 11.8 Å². The molecular formula is C26H25F2N7O3. The fraction of sp³-hybridized carbons (Fsp3) is 0.308. The smallest absolute Gasteiger partial charge is 0.255 e. The molecule has 2 aromatic heterocycles. The summed E-state index contributed by atoms with van der Waals surface area (Å²) in [5.74, 6) is 2.50. The second-order valence-corrected chi connectivity index (χ2v) is 9.03. The van der Waals surface area contributed by atoms with Crippen LogP contribution in [0.4, 0.5) is 14.6 Å². The second kappa shape index (κ2) is 9.66. The maximum absolute atomic E-state index is 15.2. The number of allylic oxidation sites excluding steroid dienone is 1. The minimum atomic E-state index is -0.885. The maximum Gasteiger partial charge on any atom is 0.255 e. The summed E-state index contributed by atoms with van der Waals surface area (Å²) in [6.45, 7) is 3.74. The Kier molecular flexibility index (Phi) is 6.36. The van der Waals surface area contributed by atoms with E-state index in [0.29, 0.717) is 17.6 Å². The number of anilines is 1. The Morgan fingerprint density at radius 2 is 2.05 bits per heavy atom. The molecule has 196 valence electrons. The molecule has 1 aliphatic heterocycles. The van der Waals surface area contributed by atoms with Crippen molar-refractivity contribution in [2.24, 2.45) is 5.73 Å². The number of carbonyl (C=O) groups is 2. The van der Waals surface area contributed by atoms with Crippen molar-refractivity contribution in [2.75, 3.05) is 26.0 Å². The largest absolute Gasteiger partial charge is 0.503 e. The van der Waals surface area contributed by atoms with Gasteiger partial charge < -0.3 is 25.3 Å². The molecule has 0 unspecified atom stereocenters. The molecule has 2 aliphatic rings. The van der Waals surface area contributed by atoms with Gasteiger partial charge in [-0.15, -0.1) is 0 Å². The number of likely N-dealkylation sites (tertiary alicyclic amines) is 1. The molecule has 0 spiro atoms. The summed E-state index contributed by atoms with van der Waals surface area (Å²) in [6, 6.07) is 1.01. The van der Waals surface area contributed by atoms with E-state index in [1.54, 1.807) is 11.6 Å². The van der Waals surface area contributed by atoms with Gasteiger partial charge in [0, 0.05) is 32.1 Å². The normalized spacial score (nSPS) is 17.9. The van der Waals surface area contributed by atoms with Gasteiger partial charge >= 0.3 is 0 Å². The monoisotopic (exact) mass is 521 g/mol. The average molecular weight is 522 g/mol. The number of aromatic nitrogens is 4. The second-order valence-electron chi connectivity index (χ2n) is 9.03. The van der Waals surface area contributed by atoms with Crippen LogP contribution >= 0.6 is 0 Å². The number of hydrogen-bond donors (Lipinski definition) is 2. The van der Waals surface area contributed by atoms with Gasteiger partial charge in [0.1, 0.15) is 29.0 Å². The van der Waals surface area contributed by atoms with Crippen molar-refractivity contribution in [3.05, 3.63) is 65.5 Å². The quantitative estimate of drug-likeness (QED) is 0.292. The van der Waals surface area contributed by atoms with E-state index in [9.17, 15) is 14.0 Å². The number of nitrogens with one attached hydrogen (secondary N) is 1. The number of nitrogens with two attached hydrogens (primary N) is 1. The first-order valence-corrected chi connectivity index (χ1v) is 11.9. The topological polar surface area (TPSA) is 120 Å². The third-order valence-electron chi connectivity index (χ3n) is 6.63. The minimum absolute atomic E-state index is 0.0227. The van der Waals surface area contributed by atoms with Crippen LogP contribution in [0.1, 0.15) is 53.0 Å². The number of carbonyl (C=O) groups excluding carboxylic acids is 2. The van der Waals surface area contributed by atoms with E-state index in [1.807, 2.05) is 0 Å². The lowest BCUT2D eigenvalue weighted by molar-refractivity contribution is -0.123. The Hall–Kier alpha value is -4.66. The van der Waals surface area contributed by atoms with Crippen LogP contribution in [-0.4, -0.2) is 56.7 Å². The van der Waals surface area contributed by atoms with Gasteiger partial charge in [-0.3, -0.25) is 9.59 Å². The molecule has 2 fully saturated rings. The van der Waals surface area contributed by atoms with Gasteiger partial charge in [0.15, 0.2) is 11.5 Å². The minimum Gasteiger partial charge on any atom is -0.503 e. The molecule has 5 rings (SSSR count). The third-order valence-corrected chi connectivity index (χ3v) is 6.63. The van der Waals surface area contributed by atoms with E-state index in [2.05, 4.69) is 33.8 Å². The van der Waals surface area contributed by atoms with Gasteiger partial charge in [-0.2, -0.15) is 5.10 Å². The van der Waals surface area contributed by atoms with Crippen molar-refractivity contribution in [3.63, 3.8) is 0 Å². The van der Waals surface area contributed by atoms with Crippen molar-refractivity contribution in [1.82, 2.24) is 24.2 Å². The number of benzene rings is 1. The molecule has 3 heterocycles. The molecule has 1 saturated heterocycles. The van der Waals surface area contributed by atoms with Crippen LogP contribution in [0.25, 0.3) is 11.0 Å². The Labute approximate surface area is 216 Å². The zero-order valence-corrected chi connectivity index (χ0v) is 20.8. The highest BCUT2D eigenvalue weighted by molar-refractivity contribution is 6.00. The first kappa shape index (κ1) is 25.0. The fourth-order valence-corrected chi connectivity index (χ4v) is 4.73.